The minimum Gasteiger partial charge on any atom is -0.385 e. The number of β-amino-alcohol motifs (C(OH)–C–C–N with tert-alkyl or cyclic N) is 1. The summed E-state index contributed by atoms with van der Waals surface area (Å²) in [5.74, 6) is 0.455. The number of nitrogens with one attached hydrogen (secondary N) is 1. The molecule has 0 bridgehead atoms. The second-order valence-corrected chi connectivity index (χ2v) is 8.59. The van der Waals surface area contributed by atoms with Gasteiger partial charge in [0, 0.05) is 44.3 Å². The van der Waals surface area contributed by atoms with Crippen molar-refractivity contribution in [3.63, 3.8) is 0 Å². The zero-order valence-electron chi connectivity index (χ0n) is 19.7. The maximum atomic E-state index is 10.5. The van der Waals surface area contributed by atoms with Gasteiger partial charge in [-0.1, -0.05) is 60.7 Å². The van der Waals surface area contributed by atoms with Gasteiger partial charge in [-0.3, -0.25) is 4.90 Å². The van der Waals surface area contributed by atoms with Crippen molar-refractivity contribution < 1.29 is 5.11 Å². The van der Waals surface area contributed by atoms with Crippen LogP contribution in [0.3, 0.4) is 0 Å². The number of nitrogens with zero attached hydrogens (tertiary/aromatic N) is 3. The monoisotopic (exact) mass is 526 g/mol. The third-order valence-corrected chi connectivity index (χ3v) is 6.45. The van der Waals surface area contributed by atoms with Gasteiger partial charge in [0.05, 0.1) is 12.0 Å². The Hall–Kier alpha value is -1.60. The number of aliphatic hydroxyl groups is 1. The number of hydrogen-bond donors (Lipinski definition) is 2. The average molecular weight is 528 g/mol. The molecule has 188 valence electrons. The van der Waals surface area contributed by atoms with Crippen LogP contribution in [0.1, 0.15) is 47.4 Å². The van der Waals surface area contributed by atoms with Gasteiger partial charge >= 0.3 is 0 Å². The molecule has 1 unspecified atom stereocenters. The molecule has 5 nitrogen and oxygen atoms in total. The van der Waals surface area contributed by atoms with E-state index in [1.807, 2.05) is 6.92 Å². The Bertz CT molecular complexity index is 879. The fourth-order valence-electron chi connectivity index (χ4n) is 4.65. The van der Waals surface area contributed by atoms with Gasteiger partial charge in [0.25, 0.3) is 0 Å². The number of halogens is 3. The predicted octanol–water partition coefficient (Wildman–Crippen LogP) is 5.25. The average Bonchev–Trinajstić information content (AvgIpc) is 3.25. The van der Waals surface area contributed by atoms with Crippen LogP contribution in [0.25, 0.3) is 0 Å². The number of aromatic nitrogens is 2. The minimum atomic E-state index is -0.518. The highest BCUT2D eigenvalue weighted by Crippen LogP contribution is 2.29. The number of hydrogen-bond acceptors (Lipinski definition) is 4. The Morgan fingerprint density at radius 1 is 0.853 bits per heavy atom. The van der Waals surface area contributed by atoms with Gasteiger partial charge in [-0.15, -0.1) is 37.2 Å². The smallest absolute Gasteiger partial charge is 0.110 e. The van der Waals surface area contributed by atoms with E-state index >= 15 is 0 Å². The quantitative estimate of drug-likeness (QED) is 0.399. The third kappa shape index (κ3) is 8.26. The summed E-state index contributed by atoms with van der Waals surface area (Å²) in [6, 6.07) is 21.8. The summed E-state index contributed by atoms with van der Waals surface area (Å²) in [6.07, 6.45) is 3.48. The Kier molecular flexibility index (Phi) is 13.8. The summed E-state index contributed by atoms with van der Waals surface area (Å²) in [6.45, 7) is 7.88. The van der Waals surface area contributed by atoms with Crippen molar-refractivity contribution in [2.75, 3.05) is 39.3 Å². The van der Waals surface area contributed by atoms with Crippen molar-refractivity contribution in [3.05, 3.63) is 89.5 Å². The van der Waals surface area contributed by atoms with Crippen molar-refractivity contribution in [2.24, 2.45) is 0 Å². The van der Waals surface area contributed by atoms with Gasteiger partial charge in [0.1, 0.15) is 6.10 Å². The number of rotatable bonds is 9. The van der Waals surface area contributed by atoms with Crippen LogP contribution in [0.15, 0.2) is 67.0 Å². The van der Waals surface area contributed by atoms with E-state index in [-0.39, 0.29) is 37.2 Å². The molecule has 8 heteroatoms. The van der Waals surface area contributed by atoms with Crippen LogP contribution >= 0.6 is 37.2 Å². The molecule has 34 heavy (non-hydrogen) atoms. The molecule has 1 saturated heterocycles. The molecule has 1 atom stereocenters. The molecule has 2 heterocycles. The van der Waals surface area contributed by atoms with E-state index in [2.05, 4.69) is 80.4 Å². The first-order chi connectivity index (χ1) is 15.2. The molecule has 2 N–H and O–H groups in total. The molecule has 0 amide bonds. The number of H-pyrrole nitrogens is 1. The molecule has 3 aromatic rings. The molecule has 0 radical (unpaired) electrons. The van der Waals surface area contributed by atoms with Crippen LogP contribution in [0, 0.1) is 6.92 Å². The molecular formula is C26H37Cl3N4O. The van der Waals surface area contributed by atoms with E-state index in [1.54, 1.807) is 6.33 Å². The van der Waals surface area contributed by atoms with Crippen LogP contribution in [0.2, 0.25) is 0 Å². The summed E-state index contributed by atoms with van der Waals surface area (Å²) in [5, 5.41) is 10.5. The largest absolute Gasteiger partial charge is 0.385 e. The minimum absolute atomic E-state index is 0. The Morgan fingerprint density at radius 2 is 1.38 bits per heavy atom. The number of aromatic amines is 1. The number of aryl methyl sites for hydroxylation is 1. The summed E-state index contributed by atoms with van der Waals surface area (Å²) >= 11 is 0. The van der Waals surface area contributed by atoms with Gasteiger partial charge < -0.3 is 15.0 Å². The predicted molar refractivity (Wildman–Crippen MR) is 147 cm³/mol. The molecule has 0 saturated carbocycles. The van der Waals surface area contributed by atoms with Crippen LogP contribution in [-0.2, 0) is 0 Å². The van der Waals surface area contributed by atoms with E-state index in [1.165, 1.54) is 17.5 Å². The van der Waals surface area contributed by atoms with Gasteiger partial charge in [-0.05, 0) is 37.4 Å². The molecule has 1 fully saturated rings. The Morgan fingerprint density at radius 3 is 1.88 bits per heavy atom. The molecule has 1 aliphatic heterocycles. The molecule has 1 aromatic heterocycles. The van der Waals surface area contributed by atoms with Crippen molar-refractivity contribution in [1.82, 2.24) is 19.8 Å². The highest BCUT2D eigenvalue weighted by Gasteiger charge is 2.22. The standard InChI is InChI=1S/C26H34N4O.3ClH/c1-21-26(28-20-27-21)25(31)19-30-17-15-29(16-18-30)14-8-13-24(22-9-4-2-5-10-22)23-11-6-3-7-12-23;;;/h2-7,9-12,20,24-25,31H,8,13-19H2,1H3,(H,27,28);3*1H. The summed E-state index contributed by atoms with van der Waals surface area (Å²) in [7, 11) is 0. The van der Waals surface area contributed by atoms with Crippen LogP contribution in [0.5, 0.6) is 0 Å². The van der Waals surface area contributed by atoms with Crippen molar-refractivity contribution in [3.8, 4) is 0 Å². The molecule has 1 aliphatic rings. The summed E-state index contributed by atoms with van der Waals surface area (Å²) < 4.78 is 0. The lowest BCUT2D eigenvalue weighted by molar-refractivity contribution is 0.0699. The highest BCUT2D eigenvalue weighted by atomic mass is 35.5. The Balaban J connectivity index is 0.00000193. The number of imidazole rings is 1. The number of aliphatic hydroxyl groups excluding tert-OH is 1. The highest BCUT2D eigenvalue weighted by molar-refractivity contribution is 5.86. The van der Waals surface area contributed by atoms with Gasteiger partial charge in [0.2, 0.25) is 0 Å². The fraction of sp³-hybridized carbons (Fsp3) is 0.423. The normalized spacial score (nSPS) is 15.1. The molecule has 2 aromatic carbocycles. The lowest BCUT2D eigenvalue weighted by Gasteiger charge is -2.35. The SMILES string of the molecule is Cc1[nH]cnc1C(O)CN1CCN(CCCC(c2ccccc2)c2ccccc2)CC1.Cl.Cl.Cl. The second kappa shape index (κ2) is 15.4. The Labute approximate surface area is 222 Å². The van der Waals surface area contributed by atoms with E-state index < -0.39 is 6.10 Å². The topological polar surface area (TPSA) is 55.4 Å². The van der Waals surface area contributed by atoms with E-state index in [0.29, 0.717) is 12.5 Å². The summed E-state index contributed by atoms with van der Waals surface area (Å²) in [4.78, 5) is 12.2. The maximum absolute atomic E-state index is 10.5. The second-order valence-electron chi connectivity index (χ2n) is 8.59. The van der Waals surface area contributed by atoms with E-state index in [0.717, 1.165) is 50.5 Å². The van der Waals surface area contributed by atoms with Crippen molar-refractivity contribution in [2.45, 2.75) is 31.8 Å². The van der Waals surface area contributed by atoms with Gasteiger partial charge in [-0.25, -0.2) is 4.98 Å². The van der Waals surface area contributed by atoms with Crippen LogP contribution < -0.4 is 0 Å². The first-order valence-corrected chi connectivity index (χ1v) is 11.4. The molecule has 0 spiro atoms. The number of piperazine rings is 1. The van der Waals surface area contributed by atoms with Crippen LogP contribution in [-0.4, -0.2) is 64.1 Å². The van der Waals surface area contributed by atoms with Gasteiger partial charge in [-0.2, -0.15) is 0 Å². The zero-order chi connectivity index (χ0) is 21.5. The van der Waals surface area contributed by atoms with Crippen molar-refractivity contribution >= 4 is 37.2 Å². The third-order valence-electron chi connectivity index (χ3n) is 6.45. The lowest BCUT2D eigenvalue weighted by atomic mass is 9.87. The fourth-order valence-corrected chi connectivity index (χ4v) is 4.65. The molecule has 0 aliphatic carbocycles. The van der Waals surface area contributed by atoms with Crippen molar-refractivity contribution in [1.29, 1.82) is 0 Å². The first-order valence-electron chi connectivity index (χ1n) is 11.4. The van der Waals surface area contributed by atoms with Crippen LogP contribution in [0.4, 0.5) is 0 Å². The first kappa shape index (κ1) is 30.4. The van der Waals surface area contributed by atoms with E-state index in [4.69, 9.17) is 0 Å². The summed E-state index contributed by atoms with van der Waals surface area (Å²) in [5.41, 5.74) is 4.54. The number of benzene rings is 2. The molecule has 4 rings (SSSR count). The van der Waals surface area contributed by atoms with E-state index in [9.17, 15) is 5.11 Å². The lowest BCUT2D eigenvalue weighted by Crippen LogP contribution is -2.47. The zero-order valence-corrected chi connectivity index (χ0v) is 22.1. The van der Waals surface area contributed by atoms with Gasteiger partial charge in [0.15, 0.2) is 0 Å². The molecular weight excluding hydrogens is 491 g/mol. The maximum Gasteiger partial charge on any atom is 0.110 e.